The van der Waals surface area contributed by atoms with E-state index in [1.54, 1.807) is 12.1 Å². The molecule has 12 nitrogen and oxygen atoms in total. The van der Waals surface area contributed by atoms with Gasteiger partial charge >= 0.3 is 5.97 Å². The number of fused-ring (bicyclic) bond motifs is 9. The van der Waals surface area contributed by atoms with E-state index < -0.39 is 77.1 Å². The van der Waals surface area contributed by atoms with Crippen LogP contribution in [-0.2, 0) is 26.3 Å². The standard InChI is InChI=1S/C53H56N2O10/c1-54-25-31-23-35-37-12-15-41(58)53(62)52(37,61)47(44(65-53)48(60)63-43-39(26-56)55-38-13-8-29-20-27-6-2-3-7-28(27)22-34(29)42(38)43)64-46(35)50(45(31)59)19-16-32-24-49(17-4-5-18-49)40-14-9-30-21-33(57)10-11-36(30)51(32,40)50/h2-3,6-15,20-22,31-32,35,37,40-41,44-47,54-59,61-62H,4-5,16-19,23-26H2,1H3. The molecule has 0 radical (unpaired) electrons. The number of nitrogens with one attached hydrogen (secondary N) is 2. The molecule has 6 fully saturated rings. The van der Waals surface area contributed by atoms with Crippen molar-refractivity contribution in [1.29, 1.82) is 0 Å². The van der Waals surface area contributed by atoms with Gasteiger partial charge in [0, 0.05) is 23.3 Å². The SMILES string of the molecule is CNCC1CC2C3C=CC(O)C4(O)OC(C(=O)Oc5c(CO)[nH]c6ccc7cc8ccccc8cc7c56)C(OC2C2(CCC5CC6(CCCC6)C6C=Cc7cc(O)ccc7C562)C1O)C34O. The van der Waals surface area contributed by atoms with Gasteiger partial charge in [0.1, 0.15) is 18.0 Å². The summed E-state index contributed by atoms with van der Waals surface area (Å²) in [5.74, 6) is -4.71. The number of ether oxygens (including phenoxy) is 3. The maximum Gasteiger partial charge on any atom is 0.343 e. The van der Waals surface area contributed by atoms with Crippen molar-refractivity contribution in [2.75, 3.05) is 13.6 Å². The molecule has 13 rings (SSSR count). The number of hydrogen-bond donors (Lipinski definition) is 8. The number of carbonyl (C=O) groups excluding carboxylic acids is 1. The van der Waals surface area contributed by atoms with Gasteiger partial charge in [-0.3, -0.25) is 0 Å². The van der Waals surface area contributed by atoms with Crippen LogP contribution in [0.3, 0.4) is 0 Å². The van der Waals surface area contributed by atoms with Crippen molar-refractivity contribution in [2.24, 2.45) is 40.4 Å². The lowest BCUT2D eigenvalue weighted by Crippen LogP contribution is -2.77. The number of aromatic hydroxyl groups is 1. The van der Waals surface area contributed by atoms with Crippen molar-refractivity contribution in [3.63, 3.8) is 0 Å². The Morgan fingerprint density at radius 1 is 0.938 bits per heavy atom. The number of rotatable bonds is 5. The van der Waals surface area contributed by atoms with Gasteiger partial charge in [-0.05, 0) is 138 Å². The number of phenolic OH excluding ortho intramolecular Hbond substituents is 1. The average molecular weight is 881 g/mol. The third kappa shape index (κ3) is 4.87. The molecular formula is C53H56N2O10. The van der Waals surface area contributed by atoms with Gasteiger partial charge in [-0.2, -0.15) is 0 Å². The number of phenols is 1. The molecule has 2 aliphatic heterocycles. The van der Waals surface area contributed by atoms with Crippen LogP contribution >= 0.6 is 0 Å². The molecule has 1 aromatic heterocycles. The molecule has 8 N–H and O–H groups in total. The average Bonchev–Trinajstić information content (AvgIpc) is 4.11. The highest BCUT2D eigenvalue weighted by atomic mass is 16.7. The molecule has 8 aliphatic rings. The number of aliphatic hydroxyl groups is 5. The van der Waals surface area contributed by atoms with Gasteiger partial charge < -0.3 is 55.2 Å². The second-order valence-corrected chi connectivity index (χ2v) is 21.0. The first kappa shape index (κ1) is 40.6. The van der Waals surface area contributed by atoms with Gasteiger partial charge in [-0.15, -0.1) is 0 Å². The van der Waals surface area contributed by atoms with Crippen LogP contribution < -0.4 is 10.1 Å². The first-order valence-corrected chi connectivity index (χ1v) is 23.7. The van der Waals surface area contributed by atoms with Crippen LogP contribution in [0.2, 0.25) is 0 Å². The summed E-state index contributed by atoms with van der Waals surface area (Å²) in [4.78, 5) is 18.4. The Morgan fingerprint density at radius 2 is 1.74 bits per heavy atom. The van der Waals surface area contributed by atoms with Crippen LogP contribution in [0.5, 0.6) is 11.5 Å². The summed E-state index contributed by atoms with van der Waals surface area (Å²) < 4.78 is 20.2. The fourth-order valence-electron chi connectivity index (χ4n) is 16.5. The van der Waals surface area contributed by atoms with Gasteiger partial charge in [0.15, 0.2) is 17.5 Å². The molecule has 12 heteroatoms. The lowest BCUT2D eigenvalue weighted by Gasteiger charge is -2.67. The smallest absolute Gasteiger partial charge is 0.343 e. The van der Waals surface area contributed by atoms with Crippen molar-refractivity contribution in [3.05, 3.63) is 102 Å². The number of H-pyrrole nitrogens is 1. The molecule has 6 aliphatic carbocycles. The third-order valence-corrected chi connectivity index (χ3v) is 18.6. The fourth-order valence-corrected chi connectivity index (χ4v) is 16.5. The number of esters is 1. The number of aromatic nitrogens is 1. The van der Waals surface area contributed by atoms with Crippen LogP contribution in [0, 0.1) is 40.4 Å². The highest BCUT2D eigenvalue weighted by Crippen LogP contribution is 2.80. The zero-order valence-corrected chi connectivity index (χ0v) is 36.3. The van der Waals surface area contributed by atoms with Crippen molar-refractivity contribution in [2.45, 2.75) is 105 Å². The Balaban J connectivity index is 0.977. The molecule has 65 heavy (non-hydrogen) atoms. The molecule has 338 valence electrons. The Bertz CT molecular complexity index is 2890. The van der Waals surface area contributed by atoms with Gasteiger partial charge in [0.05, 0.1) is 35.4 Å². The van der Waals surface area contributed by atoms with Gasteiger partial charge in [-0.25, -0.2) is 4.79 Å². The Hall–Kier alpha value is -4.63. The van der Waals surface area contributed by atoms with Crippen LogP contribution in [-0.4, -0.2) is 97.1 Å². The van der Waals surface area contributed by atoms with E-state index in [9.17, 15) is 30.6 Å². The lowest BCUT2D eigenvalue weighted by atomic mass is 9.42. The van der Waals surface area contributed by atoms with E-state index in [1.165, 1.54) is 6.08 Å². The normalized spacial score (nSPS) is 40.4. The maximum atomic E-state index is 15.1. The predicted octanol–water partition coefficient (Wildman–Crippen LogP) is 5.87. The number of allylic oxidation sites excluding steroid dienone is 1. The van der Waals surface area contributed by atoms with E-state index >= 15 is 4.79 Å². The second kappa shape index (κ2) is 13.7. The Labute approximate surface area is 375 Å². The van der Waals surface area contributed by atoms with Crippen molar-refractivity contribution in [1.82, 2.24) is 10.3 Å². The molecule has 3 spiro atoms. The fraction of sp³-hybridized carbons (Fsp3) is 0.491. The monoisotopic (exact) mass is 880 g/mol. The summed E-state index contributed by atoms with van der Waals surface area (Å²) in [5.41, 5.74) is -0.944. The first-order chi connectivity index (χ1) is 31.4. The van der Waals surface area contributed by atoms with E-state index in [2.05, 4.69) is 34.6 Å². The van der Waals surface area contributed by atoms with E-state index in [4.69, 9.17) is 14.2 Å². The second-order valence-electron chi connectivity index (χ2n) is 21.0. The van der Waals surface area contributed by atoms with Crippen molar-refractivity contribution in [3.8, 4) is 11.5 Å². The Morgan fingerprint density at radius 3 is 2.52 bits per heavy atom. The van der Waals surface area contributed by atoms with E-state index in [0.29, 0.717) is 30.3 Å². The van der Waals surface area contributed by atoms with Crippen molar-refractivity contribution < 1.29 is 49.6 Å². The largest absolute Gasteiger partial charge is 0.508 e. The van der Waals surface area contributed by atoms with Gasteiger partial charge in [0.25, 0.3) is 0 Å². The zero-order chi connectivity index (χ0) is 44.4. The molecule has 0 bridgehead atoms. The maximum absolute atomic E-state index is 15.1. The first-order valence-electron chi connectivity index (χ1n) is 23.7. The van der Waals surface area contributed by atoms with Crippen LogP contribution in [0.25, 0.3) is 38.5 Å². The molecule has 3 heterocycles. The number of hydrogen-bond acceptors (Lipinski definition) is 11. The van der Waals surface area contributed by atoms with E-state index in [1.807, 2.05) is 55.6 Å². The van der Waals surface area contributed by atoms with Gasteiger partial charge in [-0.1, -0.05) is 73.5 Å². The molecule has 4 aromatic carbocycles. The van der Waals surface area contributed by atoms with Crippen LogP contribution in [0.15, 0.2) is 85.0 Å². The molecule has 2 saturated heterocycles. The number of aromatic amines is 1. The van der Waals surface area contributed by atoms with Crippen LogP contribution in [0.4, 0.5) is 0 Å². The lowest BCUT2D eigenvalue weighted by molar-refractivity contribution is -0.350. The number of benzene rings is 4. The molecule has 4 saturated carbocycles. The summed E-state index contributed by atoms with van der Waals surface area (Å²) >= 11 is 0. The molecule has 5 aromatic rings. The van der Waals surface area contributed by atoms with E-state index in [-0.39, 0.29) is 40.4 Å². The van der Waals surface area contributed by atoms with Crippen molar-refractivity contribution >= 4 is 44.5 Å². The third-order valence-electron chi connectivity index (χ3n) is 18.6. The van der Waals surface area contributed by atoms with Gasteiger partial charge in [0.2, 0.25) is 5.79 Å². The van der Waals surface area contributed by atoms with Crippen LogP contribution in [0.1, 0.15) is 68.2 Å². The minimum atomic E-state index is -2.66. The minimum absolute atomic E-state index is 0.0167. The highest BCUT2D eigenvalue weighted by molar-refractivity contribution is 6.14. The molecule has 14 atom stereocenters. The predicted molar refractivity (Wildman–Crippen MR) is 241 cm³/mol. The summed E-state index contributed by atoms with van der Waals surface area (Å²) in [7, 11) is 1.88. The summed E-state index contributed by atoms with van der Waals surface area (Å²) in [6.45, 7) is 0.0217. The topological polar surface area (TPSA) is 194 Å². The quantitative estimate of drug-likeness (QED) is 0.0599. The van der Waals surface area contributed by atoms with E-state index in [0.717, 1.165) is 71.2 Å². The molecule has 0 amide bonds. The zero-order valence-electron chi connectivity index (χ0n) is 36.3. The summed E-state index contributed by atoms with van der Waals surface area (Å²) in [6, 6.07) is 21.6. The minimum Gasteiger partial charge on any atom is -0.508 e. The number of aliphatic hydroxyl groups excluding tert-OH is 3. The summed E-state index contributed by atoms with van der Waals surface area (Å²) in [5, 5.41) is 80.2. The molecule has 14 unspecified atom stereocenters. The Kier molecular flexibility index (Phi) is 8.58. The summed E-state index contributed by atoms with van der Waals surface area (Å²) in [6.07, 6.45) is 8.54. The molecular weight excluding hydrogens is 825 g/mol. The number of carbonyl (C=O) groups is 1. The highest BCUT2D eigenvalue weighted by Gasteiger charge is 2.83.